The number of aromatic nitrogens is 4. The van der Waals surface area contributed by atoms with Crippen molar-refractivity contribution in [1.29, 1.82) is 5.26 Å². The quantitative estimate of drug-likeness (QED) is 0.533. The average Bonchev–Trinajstić information content (AvgIpc) is 3.27. The molecular formula is C23H21FN8O3. The van der Waals surface area contributed by atoms with E-state index in [9.17, 15) is 19.6 Å². The van der Waals surface area contributed by atoms with E-state index in [2.05, 4.69) is 26.4 Å². The number of nitrogens with two attached hydrogens (primary N) is 1. The van der Waals surface area contributed by atoms with Crippen LogP contribution in [0.1, 0.15) is 36.9 Å². The number of fused-ring (bicyclic) bond motifs is 7. The number of rotatable bonds is 1. The van der Waals surface area contributed by atoms with E-state index >= 15 is 0 Å². The molecule has 3 N–H and O–H groups in total. The number of amidine groups is 1. The highest BCUT2D eigenvalue weighted by Crippen LogP contribution is 2.40. The van der Waals surface area contributed by atoms with Crippen molar-refractivity contribution in [3.05, 3.63) is 47.0 Å². The molecule has 0 spiro atoms. The predicted molar refractivity (Wildman–Crippen MR) is 123 cm³/mol. The van der Waals surface area contributed by atoms with Crippen molar-refractivity contribution in [3.63, 3.8) is 0 Å². The number of hydrogen-bond donors (Lipinski definition) is 2. The third kappa shape index (κ3) is 3.31. The van der Waals surface area contributed by atoms with Crippen LogP contribution in [0.25, 0.3) is 11.3 Å². The van der Waals surface area contributed by atoms with Gasteiger partial charge in [-0.05, 0) is 32.0 Å². The summed E-state index contributed by atoms with van der Waals surface area (Å²) in [6, 6.07) is 7.75. The van der Waals surface area contributed by atoms with Crippen molar-refractivity contribution >= 4 is 23.2 Å². The molecule has 0 saturated carbocycles. The molecule has 2 unspecified atom stereocenters. The molecule has 2 aliphatic heterocycles. The SMILES string of the molecule is CC1Oc2cc(nnc2N)-c2c(nn(C)c2C#N)CC2=NC(=O)C(C)(CO)N2c2ccc(F)cc21. The number of amides is 1. The van der Waals surface area contributed by atoms with Gasteiger partial charge in [0.05, 0.1) is 30.0 Å². The van der Waals surface area contributed by atoms with Crippen molar-refractivity contribution < 1.29 is 19.0 Å². The van der Waals surface area contributed by atoms with Crippen molar-refractivity contribution in [1.82, 2.24) is 20.0 Å². The first-order valence-electron chi connectivity index (χ1n) is 10.8. The number of nitrogen functional groups attached to an aromatic ring is 1. The molecule has 1 aromatic carbocycles. The van der Waals surface area contributed by atoms with Gasteiger partial charge >= 0.3 is 0 Å². The van der Waals surface area contributed by atoms with Crippen LogP contribution in [0.3, 0.4) is 0 Å². The Morgan fingerprint density at radius 2 is 2.14 bits per heavy atom. The van der Waals surface area contributed by atoms with Gasteiger partial charge in [-0.1, -0.05) is 0 Å². The lowest BCUT2D eigenvalue weighted by Crippen LogP contribution is -2.53. The fraction of sp³-hybridized carbons (Fsp3) is 0.304. The molecule has 5 rings (SSSR count). The number of nitrogens with zero attached hydrogens (tertiary/aromatic N) is 7. The molecule has 4 heterocycles. The Hall–Kier alpha value is -4.37. The van der Waals surface area contributed by atoms with Gasteiger partial charge in [-0.25, -0.2) is 4.39 Å². The minimum Gasteiger partial charge on any atom is -0.482 e. The van der Waals surface area contributed by atoms with Gasteiger partial charge in [0, 0.05) is 18.7 Å². The lowest BCUT2D eigenvalue weighted by atomic mass is 9.96. The van der Waals surface area contributed by atoms with Crippen LogP contribution in [-0.4, -0.2) is 49.0 Å². The van der Waals surface area contributed by atoms with E-state index in [-0.39, 0.29) is 29.5 Å². The van der Waals surface area contributed by atoms with Gasteiger partial charge in [-0.15, -0.1) is 10.2 Å². The van der Waals surface area contributed by atoms with Gasteiger partial charge in [0.2, 0.25) is 0 Å². The summed E-state index contributed by atoms with van der Waals surface area (Å²) < 4.78 is 21.9. The zero-order chi connectivity index (χ0) is 25.1. The Morgan fingerprint density at radius 3 is 2.86 bits per heavy atom. The van der Waals surface area contributed by atoms with Crippen molar-refractivity contribution in [3.8, 4) is 23.1 Å². The summed E-state index contributed by atoms with van der Waals surface area (Å²) in [7, 11) is 1.61. The van der Waals surface area contributed by atoms with Gasteiger partial charge in [-0.2, -0.15) is 15.4 Å². The number of carbonyl (C=O) groups is 1. The average molecular weight is 476 g/mol. The maximum Gasteiger partial charge on any atom is 0.275 e. The molecule has 2 aromatic heterocycles. The van der Waals surface area contributed by atoms with Crippen molar-refractivity contribution in [2.75, 3.05) is 17.2 Å². The first kappa shape index (κ1) is 22.4. The van der Waals surface area contributed by atoms with Crippen LogP contribution in [0.2, 0.25) is 0 Å². The topological polar surface area (TPSA) is 156 Å². The Labute approximate surface area is 199 Å². The summed E-state index contributed by atoms with van der Waals surface area (Å²) in [6.45, 7) is 2.72. The van der Waals surface area contributed by atoms with Crippen LogP contribution in [-0.2, 0) is 18.3 Å². The van der Waals surface area contributed by atoms with Crippen molar-refractivity contribution in [2.45, 2.75) is 31.9 Å². The van der Waals surface area contributed by atoms with E-state index in [1.807, 2.05) is 0 Å². The number of aliphatic imine (C=N–C) groups is 1. The molecule has 1 amide bonds. The zero-order valence-electron chi connectivity index (χ0n) is 19.2. The number of aliphatic hydroxyl groups is 1. The van der Waals surface area contributed by atoms with E-state index in [0.29, 0.717) is 28.2 Å². The van der Waals surface area contributed by atoms with E-state index in [4.69, 9.17) is 10.5 Å². The number of benzene rings is 1. The highest BCUT2D eigenvalue weighted by atomic mass is 19.1. The van der Waals surface area contributed by atoms with Gasteiger partial charge in [0.25, 0.3) is 5.91 Å². The van der Waals surface area contributed by atoms with E-state index in [0.717, 1.165) is 0 Å². The summed E-state index contributed by atoms with van der Waals surface area (Å²) in [5.41, 5.74) is 6.74. The Bertz CT molecular complexity index is 1460. The normalized spacial score (nSPS) is 21.0. The smallest absolute Gasteiger partial charge is 0.275 e. The predicted octanol–water partition coefficient (Wildman–Crippen LogP) is 1.66. The van der Waals surface area contributed by atoms with Gasteiger partial charge in [0.1, 0.15) is 40.8 Å². The third-order valence-electron chi connectivity index (χ3n) is 6.32. The van der Waals surface area contributed by atoms with Crippen LogP contribution >= 0.6 is 0 Å². The molecule has 2 bridgehead atoms. The standard InChI is InChI=1S/C23H21FN8O3/c1-11-13-6-12(24)4-5-16(13)32-19(27-22(34)23(32,2)10-33)8-15-20(17(9-25)31(3)30-15)14-7-18(35-11)21(26)29-28-14/h4-7,11,33H,8,10H2,1-3H3,(H2,26,29). The molecule has 35 heavy (non-hydrogen) atoms. The second kappa shape index (κ2) is 7.85. The molecule has 178 valence electrons. The number of hydrogen-bond acceptors (Lipinski definition) is 9. The number of nitriles is 1. The largest absolute Gasteiger partial charge is 0.482 e. The molecule has 11 nitrogen and oxygen atoms in total. The molecule has 3 aromatic rings. The minimum atomic E-state index is -1.44. The molecule has 12 heteroatoms. The number of aryl methyl sites for hydroxylation is 1. The van der Waals surface area contributed by atoms with Gasteiger partial charge in [-0.3, -0.25) is 9.48 Å². The minimum absolute atomic E-state index is 0.0124. The first-order valence-corrected chi connectivity index (χ1v) is 10.8. The van der Waals surface area contributed by atoms with Crippen LogP contribution in [0.4, 0.5) is 15.9 Å². The maximum atomic E-state index is 14.4. The molecule has 0 aliphatic carbocycles. The molecule has 0 fully saturated rings. The number of anilines is 2. The van der Waals surface area contributed by atoms with E-state index in [1.54, 1.807) is 31.9 Å². The molecule has 0 saturated heterocycles. The zero-order valence-corrected chi connectivity index (χ0v) is 19.2. The highest BCUT2D eigenvalue weighted by molar-refractivity contribution is 6.17. The second-order valence-corrected chi connectivity index (χ2v) is 8.63. The van der Waals surface area contributed by atoms with Gasteiger partial charge in [0.15, 0.2) is 11.6 Å². The number of halogens is 1. The van der Waals surface area contributed by atoms with Crippen LogP contribution in [0.5, 0.6) is 5.75 Å². The Morgan fingerprint density at radius 1 is 1.37 bits per heavy atom. The fourth-order valence-electron chi connectivity index (χ4n) is 4.49. The Balaban J connectivity index is 1.83. The third-order valence-corrected chi connectivity index (χ3v) is 6.32. The van der Waals surface area contributed by atoms with E-state index < -0.39 is 30.0 Å². The molecule has 2 aliphatic rings. The summed E-state index contributed by atoms with van der Waals surface area (Å²) >= 11 is 0. The van der Waals surface area contributed by atoms with Crippen LogP contribution < -0.4 is 15.4 Å². The fourth-order valence-corrected chi connectivity index (χ4v) is 4.49. The van der Waals surface area contributed by atoms with Crippen LogP contribution in [0, 0.1) is 17.1 Å². The summed E-state index contributed by atoms with van der Waals surface area (Å²) in [6.07, 6.45) is -0.720. The highest BCUT2D eigenvalue weighted by Gasteiger charge is 2.48. The monoisotopic (exact) mass is 476 g/mol. The van der Waals surface area contributed by atoms with E-state index in [1.165, 1.54) is 22.9 Å². The summed E-state index contributed by atoms with van der Waals surface area (Å²) in [5.74, 6) is -0.587. The van der Waals surface area contributed by atoms with Gasteiger partial charge < -0.3 is 20.5 Å². The maximum absolute atomic E-state index is 14.4. The summed E-state index contributed by atoms with van der Waals surface area (Å²) in [5, 5.41) is 32.7. The molecule has 0 radical (unpaired) electrons. The summed E-state index contributed by atoms with van der Waals surface area (Å²) in [4.78, 5) is 18.8. The second-order valence-electron chi connectivity index (χ2n) is 8.63. The molecule has 2 atom stereocenters. The Kier molecular flexibility index (Phi) is 5.03. The van der Waals surface area contributed by atoms with Crippen molar-refractivity contribution in [2.24, 2.45) is 12.0 Å². The van der Waals surface area contributed by atoms with Crippen LogP contribution in [0.15, 0.2) is 29.3 Å². The lowest BCUT2D eigenvalue weighted by molar-refractivity contribution is -0.122. The number of aliphatic hydroxyl groups excluding tert-OH is 1. The molecular weight excluding hydrogens is 455 g/mol. The number of ether oxygens (including phenoxy) is 1. The number of carbonyl (C=O) groups excluding carboxylic acids is 1. The first-order chi connectivity index (χ1) is 16.7. The lowest BCUT2D eigenvalue weighted by Gasteiger charge is -2.36.